The summed E-state index contributed by atoms with van der Waals surface area (Å²) in [7, 11) is 3.53. The van der Waals surface area contributed by atoms with E-state index in [4.69, 9.17) is 4.74 Å². The number of rotatable bonds is 5. The van der Waals surface area contributed by atoms with Crippen molar-refractivity contribution in [1.29, 1.82) is 0 Å². The number of methoxy groups -OCH3 is 1. The Morgan fingerprint density at radius 1 is 1.13 bits per heavy atom. The molecule has 2 aromatic carbocycles. The van der Waals surface area contributed by atoms with Crippen LogP contribution in [0.5, 0.6) is 5.75 Å². The van der Waals surface area contributed by atoms with Gasteiger partial charge in [0.15, 0.2) is 0 Å². The highest BCUT2D eigenvalue weighted by Gasteiger charge is 2.11. The molecule has 0 radical (unpaired) electrons. The highest BCUT2D eigenvalue weighted by Crippen LogP contribution is 2.22. The molecule has 23 heavy (non-hydrogen) atoms. The van der Waals surface area contributed by atoms with Gasteiger partial charge < -0.3 is 9.64 Å². The van der Waals surface area contributed by atoms with E-state index in [1.165, 1.54) is 0 Å². The predicted octanol–water partition coefficient (Wildman–Crippen LogP) is 4.11. The van der Waals surface area contributed by atoms with Crippen molar-refractivity contribution >= 4 is 28.0 Å². The number of benzene rings is 2. The van der Waals surface area contributed by atoms with Gasteiger partial charge in [-0.2, -0.15) is 0 Å². The molecule has 0 saturated carbocycles. The second-order valence-corrected chi connectivity index (χ2v) is 6.59. The Balaban J connectivity index is 1.71. The van der Waals surface area contributed by atoms with Crippen LogP contribution in [0.1, 0.15) is 10.4 Å². The lowest BCUT2D eigenvalue weighted by molar-refractivity contribution is -0.129. The molecular weight excluding hydrogens is 306 g/mol. The van der Waals surface area contributed by atoms with E-state index in [1.54, 1.807) is 23.3 Å². The standard InChI is InChI=1S/C19H19NO2S/c1-20(19(21)12-18-4-3-9-23-18)13-14-5-6-16-11-17(22-2)8-7-15(16)10-14/h3-11H,12-13H2,1-2H3. The molecular formula is C19H19NO2S. The number of carbonyl (C=O) groups is 1. The van der Waals surface area contributed by atoms with Crippen LogP contribution in [0.2, 0.25) is 0 Å². The Bertz CT molecular complexity index is 811. The van der Waals surface area contributed by atoms with E-state index in [1.807, 2.05) is 42.8 Å². The minimum Gasteiger partial charge on any atom is -0.497 e. The summed E-state index contributed by atoms with van der Waals surface area (Å²) in [5.74, 6) is 0.996. The van der Waals surface area contributed by atoms with Crippen molar-refractivity contribution in [3.63, 3.8) is 0 Å². The van der Waals surface area contributed by atoms with Crippen LogP contribution in [-0.4, -0.2) is 25.0 Å². The van der Waals surface area contributed by atoms with Crippen LogP contribution < -0.4 is 4.74 Å². The summed E-state index contributed by atoms with van der Waals surface area (Å²) in [6.07, 6.45) is 0.471. The predicted molar refractivity (Wildman–Crippen MR) is 95.0 cm³/mol. The molecule has 0 aliphatic carbocycles. The number of thiophene rings is 1. The van der Waals surface area contributed by atoms with Crippen LogP contribution in [0.15, 0.2) is 53.9 Å². The van der Waals surface area contributed by atoms with Crippen LogP contribution in [0, 0.1) is 0 Å². The number of likely N-dealkylation sites (N-methyl/N-ethyl adjacent to an activating group) is 1. The molecule has 1 aromatic heterocycles. The molecule has 0 aliphatic heterocycles. The van der Waals surface area contributed by atoms with Crippen molar-refractivity contribution < 1.29 is 9.53 Å². The summed E-state index contributed by atoms with van der Waals surface area (Å²) >= 11 is 1.62. The molecule has 0 N–H and O–H groups in total. The van der Waals surface area contributed by atoms with Gasteiger partial charge >= 0.3 is 0 Å². The molecule has 3 aromatic rings. The number of fused-ring (bicyclic) bond motifs is 1. The SMILES string of the molecule is COc1ccc2cc(CN(C)C(=O)Cc3cccs3)ccc2c1. The van der Waals surface area contributed by atoms with Gasteiger partial charge in [0.2, 0.25) is 5.91 Å². The summed E-state index contributed by atoms with van der Waals surface area (Å²) in [5, 5.41) is 4.29. The number of amides is 1. The van der Waals surface area contributed by atoms with Crippen molar-refractivity contribution in [1.82, 2.24) is 4.90 Å². The average molecular weight is 325 g/mol. The zero-order valence-electron chi connectivity index (χ0n) is 13.3. The molecule has 0 atom stereocenters. The molecule has 0 spiro atoms. The number of hydrogen-bond acceptors (Lipinski definition) is 3. The van der Waals surface area contributed by atoms with Crippen molar-refractivity contribution in [3.8, 4) is 5.75 Å². The maximum absolute atomic E-state index is 12.3. The van der Waals surface area contributed by atoms with Crippen molar-refractivity contribution in [2.45, 2.75) is 13.0 Å². The molecule has 1 heterocycles. The monoisotopic (exact) mass is 325 g/mol. The first-order chi connectivity index (χ1) is 11.2. The molecule has 4 heteroatoms. The molecule has 0 fully saturated rings. The third kappa shape index (κ3) is 3.71. The van der Waals surface area contributed by atoms with E-state index >= 15 is 0 Å². The maximum Gasteiger partial charge on any atom is 0.227 e. The Morgan fingerprint density at radius 3 is 2.65 bits per heavy atom. The molecule has 3 nitrogen and oxygen atoms in total. The van der Waals surface area contributed by atoms with Crippen molar-refractivity contribution in [2.75, 3.05) is 14.2 Å². The molecule has 0 bridgehead atoms. The summed E-state index contributed by atoms with van der Waals surface area (Å²) in [5.41, 5.74) is 1.13. The van der Waals surface area contributed by atoms with Gasteiger partial charge in [-0.1, -0.05) is 24.3 Å². The number of hydrogen-bond donors (Lipinski definition) is 0. The maximum atomic E-state index is 12.3. The van der Waals surface area contributed by atoms with E-state index in [0.29, 0.717) is 13.0 Å². The van der Waals surface area contributed by atoms with Crippen molar-refractivity contribution in [3.05, 3.63) is 64.4 Å². The third-order valence-corrected chi connectivity index (χ3v) is 4.74. The van der Waals surface area contributed by atoms with E-state index < -0.39 is 0 Å². The number of nitrogens with zero attached hydrogens (tertiary/aromatic N) is 1. The Morgan fingerprint density at radius 2 is 1.91 bits per heavy atom. The lowest BCUT2D eigenvalue weighted by atomic mass is 10.1. The van der Waals surface area contributed by atoms with E-state index in [-0.39, 0.29) is 5.91 Å². The first kappa shape index (κ1) is 15.6. The van der Waals surface area contributed by atoms with Crippen LogP contribution >= 0.6 is 11.3 Å². The first-order valence-electron chi connectivity index (χ1n) is 7.49. The van der Waals surface area contributed by atoms with Gasteiger partial charge in [-0.15, -0.1) is 11.3 Å². The van der Waals surface area contributed by atoms with Gasteiger partial charge in [-0.05, 0) is 46.0 Å². The molecule has 1 amide bonds. The normalized spacial score (nSPS) is 10.7. The fourth-order valence-corrected chi connectivity index (χ4v) is 3.25. The Kier molecular flexibility index (Phi) is 4.63. The Labute approximate surface area is 140 Å². The highest BCUT2D eigenvalue weighted by molar-refractivity contribution is 7.10. The molecule has 0 aliphatic rings. The largest absolute Gasteiger partial charge is 0.497 e. The van der Waals surface area contributed by atoms with Gasteiger partial charge in [-0.25, -0.2) is 0 Å². The Hall–Kier alpha value is -2.33. The minimum absolute atomic E-state index is 0.141. The lowest BCUT2D eigenvalue weighted by Gasteiger charge is -2.17. The highest BCUT2D eigenvalue weighted by atomic mass is 32.1. The quantitative estimate of drug-likeness (QED) is 0.706. The molecule has 3 rings (SSSR count). The fraction of sp³-hybridized carbons (Fsp3) is 0.211. The van der Waals surface area contributed by atoms with E-state index in [2.05, 4.69) is 18.2 Å². The minimum atomic E-state index is 0.141. The van der Waals surface area contributed by atoms with E-state index in [0.717, 1.165) is 27.0 Å². The smallest absolute Gasteiger partial charge is 0.227 e. The van der Waals surface area contributed by atoms with Gasteiger partial charge in [0.1, 0.15) is 5.75 Å². The van der Waals surface area contributed by atoms with Crippen LogP contribution in [-0.2, 0) is 17.8 Å². The third-order valence-electron chi connectivity index (χ3n) is 3.86. The fourth-order valence-electron chi connectivity index (χ4n) is 2.56. The molecule has 118 valence electrons. The van der Waals surface area contributed by atoms with Crippen LogP contribution in [0.4, 0.5) is 0 Å². The van der Waals surface area contributed by atoms with Gasteiger partial charge in [-0.3, -0.25) is 4.79 Å². The zero-order valence-corrected chi connectivity index (χ0v) is 14.1. The average Bonchev–Trinajstić information content (AvgIpc) is 3.07. The second-order valence-electron chi connectivity index (χ2n) is 5.55. The van der Waals surface area contributed by atoms with Gasteiger partial charge in [0, 0.05) is 18.5 Å². The lowest BCUT2D eigenvalue weighted by Crippen LogP contribution is -2.27. The summed E-state index contributed by atoms with van der Waals surface area (Å²) < 4.78 is 5.25. The summed E-state index contributed by atoms with van der Waals surface area (Å²) in [4.78, 5) is 15.2. The summed E-state index contributed by atoms with van der Waals surface area (Å²) in [6.45, 7) is 0.617. The van der Waals surface area contributed by atoms with Crippen LogP contribution in [0.3, 0.4) is 0 Å². The molecule has 0 unspecified atom stereocenters. The summed E-state index contributed by atoms with van der Waals surface area (Å²) in [6, 6.07) is 16.3. The van der Waals surface area contributed by atoms with Gasteiger partial charge in [0.25, 0.3) is 0 Å². The second kappa shape index (κ2) is 6.84. The van der Waals surface area contributed by atoms with Gasteiger partial charge in [0.05, 0.1) is 13.5 Å². The van der Waals surface area contributed by atoms with E-state index in [9.17, 15) is 4.79 Å². The molecule has 0 saturated heterocycles. The van der Waals surface area contributed by atoms with Crippen molar-refractivity contribution in [2.24, 2.45) is 0 Å². The zero-order chi connectivity index (χ0) is 16.2. The first-order valence-corrected chi connectivity index (χ1v) is 8.37. The van der Waals surface area contributed by atoms with Crippen LogP contribution in [0.25, 0.3) is 10.8 Å². The number of carbonyl (C=O) groups excluding carboxylic acids is 1. The topological polar surface area (TPSA) is 29.5 Å². The number of ether oxygens (including phenoxy) is 1.